The van der Waals surface area contributed by atoms with Crippen molar-refractivity contribution in [3.63, 3.8) is 0 Å². The summed E-state index contributed by atoms with van der Waals surface area (Å²) < 4.78 is 1.75. The standard InChI is InChI=1S/C2H3.CH2O3.FH.Li/c1-2;2-1(3)4;;/h1H,2H2;(H2,2,3,4);1H;. The monoisotopic (exact) mass is 116 g/mol. The Balaban J connectivity index is -0.0000000575. The molecule has 0 aromatic carbocycles. The van der Waals surface area contributed by atoms with Crippen molar-refractivity contribution in [2.45, 2.75) is 0 Å². The number of halogens is 1. The zero-order valence-corrected chi connectivity index (χ0v) is 4.50. The second-order valence-electron chi connectivity index (χ2n) is 0.691. The Kier molecular flexibility index (Phi) is 31.3. The van der Waals surface area contributed by atoms with Crippen LogP contribution in [0.15, 0.2) is 11.3 Å². The van der Waals surface area contributed by atoms with Gasteiger partial charge in [-0.2, -0.15) is 0 Å². The van der Waals surface area contributed by atoms with Crippen molar-refractivity contribution in [2.75, 3.05) is 0 Å². The van der Waals surface area contributed by atoms with Crippen LogP contribution in [0, 0.1) is 0 Å². The van der Waals surface area contributed by atoms with Crippen molar-refractivity contribution in [2.24, 2.45) is 0 Å². The molecule has 0 aromatic heterocycles. The van der Waals surface area contributed by atoms with E-state index in [2.05, 4.69) is 6.58 Å². The maximum atomic E-state index is 8.56. The molecule has 3 nitrogen and oxygen atoms in total. The molecule has 0 aliphatic carbocycles. The minimum atomic E-state index is -1.83. The van der Waals surface area contributed by atoms with Gasteiger partial charge < -0.3 is 10.2 Å². The third-order valence-corrected chi connectivity index (χ3v) is 0. The molecule has 0 fully saturated rings. The van der Waals surface area contributed by atoms with Crippen LogP contribution < -0.4 is 0 Å². The second-order valence-corrected chi connectivity index (χ2v) is 0.691. The first-order chi connectivity index (χ1) is 3.15. The normalized spacial score (nSPS) is 4.75. The molecule has 0 unspecified atom stereocenters. The molecule has 8 heavy (non-hydrogen) atoms. The number of carboxylic acid groups (broad SMARTS) is 2. The van der Waals surface area contributed by atoms with Crippen LogP contribution in [0.2, 0.25) is 0 Å². The van der Waals surface area contributed by atoms with Gasteiger partial charge >= 0.3 is 35.2 Å². The average Bonchev–Trinajstić information content (AvgIpc) is 1.33. The van der Waals surface area contributed by atoms with Gasteiger partial charge in [0.05, 0.1) is 0 Å². The van der Waals surface area contributed by atoms with Gasteiger partial charge in [0.15, 0.2) is 0 Å². The molecule has 0 atom stereocenters. The van der Waals surface area contributed by atoms with Crippen LogP contribution in [-0.4, -0.2) is 34.1 Å². The van der Waals surface area contributed by atoms with E-state index in [0.29, 0.717) is 0 Å². The van der Waals surface area contributed by atoms with Crippen molar-refractivity contribution >= 4 is 23.9 Å². The van der Waals surface area contributed by atoms with E-state index < -0.39 is 6.16 Å². The van der Waals surface area contributed by atoms with Gasteiger partial charge in [0.25, 0.3) is 0 Å². The Labute approximate surface area is 55.6 Å². The van der Waals surface area contributed by atoms with Crippen LogP contribution in [-0.2, 0) is 0 Å². The van der Waals surface area contributed by atoms with E-state index in [1.165, 1.54) is 0 Å². The van der Waals surface area contributed by atoms with Gasteiger partial charge in [0, 0.05) is 0 Å². The van der Waals surface area contributed by atoms with Gasteiger partial charge in [0.1, 0.15) is 0 Å². The van der Waals surface area contributed by atoms with E-state index in [-0.39, 0.29) is 4.70 Å². The molecular weight excluding hydrogens is 110 g/mol. The average molecular weight is 116 g/mol. The molecule has 0 aromatic rings. The Morgan fingerprint density at radius 2 is 1.62 bits per heavy atom. The van der Waals surface area contributed by atoms with Gasteiger partial charge in [-0.1, -0.05) is 0 Å². The number of hydrogen-bond donors (Lipinski definition) is 2. The molecule has 44 valence electrons. The van der Waals surface area contributed by atoms with Crippen LogP contribution >= 0.6 is 0 Å². The summed E-state index contributed by atoms with van der Waals surface area (Å²) in [7, 11) is 0. The fraction of sp³-hybridized carbons (Fsp3) is 0. The van der Waals surface area contributed by atoms with E-state index in [0.717, 1.165) is 0 Å². The maximum absolute atomic E-state index is 8.56. The Bertz CT molecular complexity index is 61.5. The second kappa shape index (κ2) is 16.0. The molecule has 0 saturated heterocycles. The molecule has 0 aliphatic heterocycles. The molecular formula is C3H6FLiO3. The number of carbonyl (C=O) groups is 1. The zero-order valence-electron chi connectivity index (χ0n) is 4.50. The fourth-order valence-corrected chi connectivity index (χ4v) is 0. The SMILES string of the molecule is F.O=C(O)O.[Li][CH]=C. The fourth-order valence-electron chi connectivity index (χ4n) is 0. The Morgan fingerprint density at radius 3 is 1.62 bits per heavy atom. The third-order valence-electron chi connectivity index (χ3n) is 0. The summed E-state index contributed by atoms with van der Waals surface area (Å²) in [4.78, 5) is 8.56. The summed E-state index contributed by atoms with van der Waals surface area (Å²) in [6.07, 6.45) is -1.83. The molecule has 0 radical (unpaired) electrons. The first-order valence-corrected chi connectivity index (χ1v) is 1.64. The van der Waals surface area contributed by atoms with Crippen LogP contribution in [0.25, 0.3) is 0 Å². The van der Waals surface area contributed by atoms with Crippen molar-refractivity contribution < 1.29 is 19.7 Å². The molecule has 0 bridgehead atoms. The molecule has 0 aliphatic rings. The third kappa shape index (κ3) is 533. The van der Waals surface area contributed by atoms with E-state index in [4.69, 9.17) is 15.0 Å². The summed E-state index contributed by atoms with van der Waals surface area (Å²) in [5, 5.41) is 13.9. The van der Waals surface area contributed by atoms with E-state index in [1.54, 1.807) is 4.75 Å². The van der Waals surface area contributed by atoms with Gasteiger partial charge in [-0.05, 0) is 0 Å². The van der Waals surface area contributed by atoms with E-state index in [1.807, 2.05) is 17.7 Å². The van der Waals surface area contributed by atoms with Crippen LogP contribution in [0.3, 0.4) is 0 Å². The molecule has 0 rings (SSSR count). The van der Waals surface area contributed by atoms with Gasteiger partial charge in [-0.25, -0.2) is 4.79 Å². The molecule has 0 heterocycles. The summed E-state index contributed by atoms with van der Waals surface area (Å²) in [5.74, 6) is 0. The Morgan fingerprint density at radius 1 is 1.62 bits per heavy atom. The topological polar surface area (TPSA) is 57.5 Å². The van der Waals surface area contributed by atoms with Crippen molar-refractivity contribution in [1.29, 1.82) is 0 Å². The van der Waals surface area contributed by atoms with Gasteiger partial charge in [-0.3, -0.25) is 4.70 Å². The summed E-state index contributed by atoms with van der Waals surface area (Å²) in [6.45, 7) is 3.36. The van der Waals surface area contributed by atoms with Crippen molar-refractivity contribution in [1.82, 2.24) is 0 Å². The predicted octanol–water partition coefficient (Wildman–Crippen LogP) is 0.673. The quantitative estimate of drug-likeness (QED) is 0.457. The van der Waals surface area contributed by atoms with Crippen LogP contribution in [0.4, 0.5) is 9.50 Å². The molecule has 5 heteroatoms. The van der Waals surface area contributed by atoms with Crippen LogP contribution in [0.5, 0.6) is 0 Å². The van der Waals surface area contributed by atoms with Crippen LogP contribution in [0.1, 0.15) is 0 Å². The first kappa shape index (κ1) is 15.6. The minimum absolute atomic E-state index is 0. The number of rotatable bonds is 0. The van der Waals surface area contributed by atoms with E-state index >= 15 is 0 Å². The molecule has 0 amide bonds. The van der Waals surface area contributed by atoms with E-state index in [9.17, 15) is 0 Å². The number of hydrogen-bond acceptors (Lipinski definition) is 1. The van der Waals surface area contributed by atoms with Gasteiger partial charge in [0.2, 0.25) is 0 Å². The zero-order chi connectivity index (χ0) is 6.28. The van der Waals surface area contributed by atoms with Crippen molar-refractivity contribution in [3.05, 3.63) is 11.3 Å². The molecule has 2 N–H and O–H groups in total. The molecule has 0 saturated carbocycles. The Hall–Kier alpha value is -0.463. The molecule has 0 spiro atoms. The summed E-state index contributed by atoms with van der Waals surface area (Å²) >= 11 is 1.89. The predicted molar refractivity (Wildman–Crippen MR) is 29.1 cm³/mol. The first-order valence-electron chi connectivity index (χ1n) is 1.64. The summed E-state index contributed by atoms with van der Waals surface area (Å²) in [5.41, 5.74) is 0. The summed E-state index contributed by atoms with van der Waals surface area (Å²) in [6, 6.07) is 0. The van der Waals surface area contributed by atoms with Gasteiger partial charge in [-0.15, -0.1) is 0 Å². The van der Waals surface area contributed by atoms with Crippen molar-refractivity contribution in [3.8, 4) is 0 Å².